The largest absolute Gasteiger partial charge is 0.486 e. The number of halogens is 1. The first kappa shape index (κ1) is 19.4. The maximum atomic E-state index is 12.5. The molecule has 0 aliphatic heterocycles. The normalized spacial score (nSPS) is 13.0. The number of rotatable bonds is 7. The molecule has 0 bridgehead atoms. The van der Waals surface area contributed by atoms with Crippen molar-refractivity contribution in [3.05, 3.63) is 75.2 Å². The molecular formula is C21H18ClN3O3S. The number of carbonyl (C=O) groups excluding carboxylic acids is 2. The monoisotopic (exact) mass is 427 g/mol. The Bertz CT molecular complexity index is 1030. The van der Waals surface area contributed by atoms with E-state index in [1.807, 2.05) is 0 Å². The van der Waals surface area contributed by atoms with Gasteiger partial charge in [-0.2, -0.15) is 0 Å². The van der Waals surface area contributed by atoms with Crippen molar-refractivity contribution in [1.82, 2.24) is 10.3 Å². The number of amides is 2. The second-order valence-electron chi connectivity index (χ2n) is 6.65. The third kappa shape index (κ3) is 5.34. The Morgan fingerprint density at radius 2 is 1.93 bits per heavy atom. The van der Waals surface area contributed by atoms with Gasteiger partial charge in [-0.05, 0) is 55.3 Å². The second-order valence-corrected chi connectivity index (χ2v) is 8.03. The van der Waals surface area contributed by atoms with E-state index in [1.165, 1.54) is 11.3 Å². The summed E-state index contributed by atoms with van der Waals surface area (Å²) in [5.41, 5.74) is 1.37. The lowest BCUT2D eigenvalue weighted by molar-refractivity contribution is 0.0949. The standard InChI is InChI=1S/C21H18ClN3O3S/c22-14-4-8-17(9-5-14)28-11-19-25-18(12-29-19)21(27)24-16-3-1-2-13(10-16)20(26)23-15-6-7-15/h1-5,8-10,12,15H,6-7,11H2,(H,23,26)(H,24,27). The van der Waals surface area contributed by atoms with E-state index in [0.29, 0.717) is 32.7 Å². The Hall–Kier alpha value is -2.90. The molecule has 1 aromatic heterocycles. The van der Waals surface area contributed by atoms with E-state index in [9.17, 15) is 9.59 Å². The van der Waals surface area contributed by atoms with Crippen LogP contribution in [0, 0.1) is 0 Å². The molecule has 1 heterocycles. The molecule has 3 aromatic rings. The van der Waals surface area contributed by atoms with Gasteiger partial charge in [0, 0.05) is 27.7 Å². The molecule has 0 atom stereocenters. The van der Waals surface area contributed by atoms with Crippen LogP contribution in [-0.2, 0) is 6.61 Å². The summed E-state index contributed by atoms with van der Waals surface area (Å²) in [6.45, 7) is 0.260. The van der Waals surface area contributed by atoms with Crippen LogP contribution in [0.4, 0.5) is 5.69 Å². The molecule has 0 unspecified atom stereocenters. The van der Waals surface area contributed by atoms with Crippen LogP contribution >= 0.6 is 22.9 Å². The molecule has 1 aliphatic rings. The number of anilines is 1. The van der Waals surface area contributed by atoms with Gasteiger partial charge in [0.15, 0.2) is 0 Å². The molecule has 4 rings (SSSR count). The quantitative estimate of drug-likeness (QED) is 0.581. The summed E-state index contributed by atoms with van der Waals surface area (Å²) >= 11 is 7.20. The van der Waals surface area contributed by atoms with E-state index in [1.54, 1.807) is 53.9 Å². The summed E-state index contributed by atoms with van der Waals surface area (Å²) in [6, 6.07) is 14.2. The fraction of sp³-hybridized carbons (Fsp3) is 0.190. The van der Waals surface area contributed by atoms with Gasteiger partial charge < -0.3 is 15.4 Å². The van der Waals surface area contributed by atoms with Crippen LogP contribution in [0.5, 0.6) is 5.75 Å². The third-order valence-corrected chi connectivity index (χ3v) is 5.33. The topological polar surface area (TPSA) is 80.3 Å². The van der Waals surface area contributed by atoms with Crippen molar-refractivity contribution >= 4 is 40.4 Å². The first-order valence-electron chi connectivity index (χ1n) is 9.12. The van der Waals surface area contributed by atoms with Crippen molar-refractivity contribution in [2.45, 2.75) is 25.5 Å². The van der Waals surface area contributed by atoms with Crippen LogP contribution in [0.15, 0.2) is 53.9 Å². The summed E-state index contributed by atoms with van der Waals surface area (Å²) in [6.07, 6.45) is 2.05. The van der Waals surface area contributed by atoms with Crippen molar-refractivity contribution in [3.8, 4) is 5.75 Å². The molecule has 2 N–H and O–H groups in total. The Morgan fingerprint density at radius 3 is 2.69 bits per heavy atom. The molecule has 1 aliphatic carbocycles. The third-order valence-electron chi connectivity index (χ3n) is 4.26. The fourth-order valence-corrected chi connectivity index (χ4v) is 3.40. The van der Waals surface area contributed by atoms with Crippen molar-refractivity contribution in [3.63, 3.8) is 0 Å². The summed E-state index contributed by atoms with van der Waals surface area (Å²) in [5, 5.41) is 8.72. The van der Waals surface area contributed by atoms with Crippen LogP contribution in [0.3, 0.4) is 0 Å². The molecule has 1 saturated carbocycles. The molecule has 2 amide bonds. The highest BCUT2D eigenvalue weighted by atomic mass is 35.5. The van der Waals surface area contributed by atoms with Crippen molar-refractivity contribution in [1.29, 1.82) is 0 Å². The number of aromatic nitrogens is 1. The fourth-order valence-electron chi connectivity index (χ4n) is 2.59. The minimum atomic E-state index is -0.334. The number of thiazole rings is 1. The lowest BCUT2D eigenvalue weighted by Crippen LogP contribution is -2.25. The zero-order valence-corrected chi connectivity index (χ0v) is 16.9. The predicted molar refractivity (Wildman–Crippen MR) is 113 cm³/mol. The number of ether oxygens (including phenoxy) is 1. The van der Waals surface area contributed by atoms with Gasteiger partial charge in [-0.15, -0.1) is 11.3 Å². The van der Waals surface area contributed by atoms with Crippen molar-refractivity contribution in [2.24, 2.45) is 0 Å². The smallest absolute Gasteiger partial charge is 0.275 e. The van der Waals surface area contributed by atoms with Gasteiger partial charge in [-0.3, -0.25) is 9.59 Å². The van der Waals surface area contributed by atoms with Gasteiger partial charge in [-0.1, -0.05) is 17.7 Å². The second kappa shape index (κ2) is 8.63. The van der Waals surface area contributed by atoms with E-state index < -0.39 is 0 Å². The zero-order valence-electron chi connectivity index (χ0n) is 15.4. The van der Waals surface area contributed by atoms with Gasteiger partial charge in [0.25, 0.3) is 11.8 Å². The molecule has 8 heteroatoms. The number of hydrogen-bond donors (Lipinski definition) is 2. The Labute approximate surface area is 176 Å². The lowest BCUT2D eigenvalue weighted by atomic mass is 10.2. The molecule has 1 fully saturated rings. The van der Waals surface area contributed by atoms with Gasteiger partial charge in [0.1, 0.15) is 23.1 Å². The number of hydrogen-bond acceptors (Lipinski definition) is 5. The van der Waals surface area contributed by atoms with Gasteiger partial charge in [0.2, 0.25) is 0 Å². The Kier molecular flexibility index (Phi) is 5.78. The minimum absolute atomic E-state index is 0.126. The molecule has 29 heavy (non-hydrogen) atoms. The number of benzene rings is 2. The number of carbonyl (C=O) groups is 2. The highest BCUT2D eigenvalue weighted by molar-refractivity contribution is 7.09. The molecule has 0 radical (unpaired) electrons. The Morgan fingerprint density at radius 1 is 1.14 bits per heavy atom. The maximum Gasteiger partial charge on any atom is 0.275 e. The lowest BCUT2D eigenvalue weighted by Gasteiger charge is -2.07. The van der Waals surface area contributed by atoms with Crippen LogP contribution < -0.4 is 15.4 Å². The number of nitrogens with zero attached hydrogens (tertiary/aromatic N) is 1. The number of nitrogens with one attached hydrogen (secondary N) is 2. The maximum absolute atomic E-state index is 12.5. The zero-order chi connectivity index (χ0) is 20.2. The molecule has 6 nitrogen and oxygen atoms in total. The predicted octanol–water partition coefficient (Wildman–Crippen LogP) is 4.52. The van der Waals surface area contributed by atoms with Crippen LogP contribution in [-0.4, -0.2) is 22.8 Å². The van der Waals surface area contributed by atoms with Gasteiger partial charge in [0.05, 0.1) is 0 Å². The first-order valence-corrected chi connectivity index (χ1v) is 10.4. The summed E-state index contributed by atoms with van der Waals surface area (Å²) in [4.78, 5) is 29.0. The van der Waals surface area contributed by atoms with Crippen LogP contribution in [0.25, 0.3) is 0 Å². The highest BCUT2D eigenvalue weighted by Gasteiger charge is 2.23. The first-order chi connectivity index (χ1) is 14.1. The molecule has 0 saturated heterocycles. The van der Waals surface area contributed by atoms with E-state index in [4.69, 9.17) is 16.3 Å². The average molecular weight is 428 g/mol. The minimum Gasteiger partial charge on any atom is -0.486 e. The SMILES string of the molecule is O=C(NC1CC1)c1cccc(NC(=O)c2csc(COc3ccc(Cl)cc3)n2)c1. The van der Waals surface area contributed by atoms with E-state index in [0.717, 1.165) is 12.8 Å². The molecule has 0 spiro atoms. The molecular weight excluding hydrogens is 410 g/mol. The Balaban J connectivity index is 1.35. The highest BCUT2D eigenvalue weighted by Crippen LogP contribution is 2.21. The average Bonchev–Trinajstić information content (AvgIpc) is 3.40. The molecule has 148 valence electrons. The summed E-state index contributed by atoms with van der Waals surface area (Å²) < 4.78 is 5.65. The van der Waals surface area contributed by atoms with Crippen molar-refractivity contribution in [2.75, 3.05) is 5.32 Å². The van der Waals surface area contributed by atoms with E-state index >= 15 is 0 Å². The van der Waals surface area contributed by atoms with E-state index in [-0.39, 0.29) is 24.5 Å². The van der Waals surface area contributed by atoms with Gasteiger partial charge >= 0.3 is 0 Å². The van der Waals surface area contributed by atoms with Crippen molar-refractivity contribution < 1.29 is 14.3 Å². The van der Waals surface area contributed by atoms with E-state index in [2.05, 4.69) is 15.6 Å². The molecule has 2 aromatic carbocycles. The summed E-state index contributed by atoms with van der Waals surface area (Å²) in [5.74, 6) is 0.217. The van der Waals surface area contributed by atoms with Crippen LogP contribution in [0.2, 0.25) is 5.02 Å². The van der Waals surface area contributed by atoms with Crippen LogP contribution in [0.1, 0.15) is 38.7 Å². The summed E-state index contributed by atoms with van der Waals surface area (Å²) in [7, 11) is 0. The van der Waals surface area contributed by atoms with Gasteiger partial charge in [-0.25, -0.2) is 4.98 Å².